The van der Waals surface area contributed by atoms with Crippen molar-refractivity contribution in [3.05, 3.63) is 72.3 Å². The number of sulfonamides is 1. The van der Waals surface area contributed by atoms with E-state index in [4.69, 9.17) is 0 Å². The lowest BCUT2D eigenvalue weighted by atomic mass is 10.1. The average Bonchev–Trinajstić information content (AvgIpc) is 3.20. The Bertz CT molecular complexity index is 1120. The smallest absolute Gasteiger partial charge is 0.243 e. The summed E-state index contributed by atoms with van der Waals surface area (Å²) in [6, 6.07) is 19.5. The van der Waals surface area contributed by atoms with Crippen molar-refractivity contribution in [3.63, 3.8) is 0 Å². The first-order valence-electron chi connectivity index (χ1n) is 9.33. The molecular weight excluding hydrogens is 372 g/mol. The SMILES string of the molecule is Cc1ccc(NC(=O)[C@H]2CCCN2S(=O)(=O)c2ccc3ccccc3c2)cc1. The van der Waals surface area contributed by atoms with Crippen molar-refractivity contribution < 1.29 is 13.2 Å². The van der Waals surface area contributed by atoms with E-state index >= 15 is 0 Å². The van der Waals surface area contributed by atoms with E-state index in [2.05, 4.69) is 5.32 Å². The van der Waals surface area contributed by atoms with Crippen molar-refractivity contribution >= 4 is 32.4 Å². The largest absolute Gasteiger partial charge is 0.325 e. The molecule has 1 saturated heterocycles. The Morgan fingerprint density at radius 1 is 1.00 bits per heavy atom. The van der Waals surface area contributed by atoms with Crippen molar-refractivity contribution in [3.8, 4) is 0 Å². The number of rotatable bonds is 4. The second kappa shape index (κ2) is 7.37. The predicted molar refractivity (Wildman–Crippen MR) is 111 cm³/mol. The molecule has 0 bridgehead atoms. The highest BCUT2D eigenvalue weighted by Crippen LogP contribution is 2.29. The standard InChI is InChI=1S/C22H22N2O3S/c1-16-8-11-19(12-9-16)23-22(25)21-7-4-14-24(21)28(26,27)20-13-10-17-5-2-3-6-18(17)15-20/h2-3,5-6,8-13,15,21H,4,7,14H2,1H3,(H,23,25)/t21-/m1/s1. The maximum absolute atomic E-state index is 13.2. The third-order valence-electron chi connectivity index (χ3n) is 5.15. The first-order chi connectivity index (χ1) is 13.4. The van der Waals surface area contributed by atoms with E-state index in [1.54, 1.807) is 18.2 Å². The van der Waals surface area contributed by atoms with Gasteiger partial charge in [0.15, 0.2) is 0 Å². The van der Waals surface area contributed by atoms with Gasteiger partial charge in [0.25, 0.3) is 0 Å². The summed E-state index contributed by atoms with van der Waals surface area (Å²) in [5, 5.41) is 4.70. The molecule has 4 rings (SSSR count). The van der Waals surface area contributed by atoms with Gasteiger partial charge in [0.05, 0.1) is 4.90 Å². The number of nitrogens with zero attached hydrogens (tertiary/aromatic N) is 1. The third kappa shape index (κ3) is 3.53. The number of aryl methyl sites for hydroxylation is 1. The van der Waals surface area contributed by atoms with Crippen LogP contribution in [0.1, 0.15) is 18.4 Å². The molecule has 144 valence electrons. The van der Waals surface area contributed by atoms with Crippen LogP contribution in [0.3, 0.4) is 0 Å². The molecule has 6 heteroatoms. The van der Waals surface area contributed by atoms with Crippen molar-refractivity contribution in [2.45, 2.75) is 30.7 Å². The molecule has 3 aromatic rings. The Hall–Kier alpha value is -2.70. The third-order valence-corrected chi connectivity index (χ3v) is 7.06. The average molecular weight is 394 g/mol. The molecule has 5 nitrogen and oxygen atoms in total. The number of carbonyl (C=O) groups is 1. The Morgan fingerprint density at radius 2 is 1.71 bits per heavy atom. The number of benzene rings is 3. The zero-order valence-corrected chi connectivity index (χ0v) is 16.4. The van der Waals surface area contributed by atoms with E-state index in [-0.39, 0.29) is 10.8 Å². The normalized spacial score (nSPS) is 17.7. The van der Waals surface area contributed by atoms with E-state index in [0.29, 0.717) is 25.1 Å². The molecule has 1 aliphatic heterocycles. The summed E-state index contributed by atoms with van der Waals surface area (Å²) in [4.78, 5) is 13.0. The molecule has 1 atom stereocenters. The minimum Gasteiger partial charge on any atom is -0.325 e. The molecule has 28 heavy (non-hydrogen) atoms. The Balaban J connectivity index is 1.60. The topological polar surface area (TPSA) is 66.5 Å². The number of fused-ring (bicyclic) bond motifs is 1. The van der Waals surface area contributed by atoms with E-state index in [1.165, 1.54) is 4.31 Å². The van der Waals surface area contributed by atoms with Gasteiger partial charge in [-0.15, -0.1) is 0 Å². The monoisotopic (exact) mass is 394 g/mol. The van der Waals surface area contributed by atoms with Crippen LogP contribution in [0.5, 0.6) is 0 Å². The number of hydrogen-bond donors (Lipinski definition) is 1. The van der Waals surface area contributed by atoms with Gasteiger partial charge in [-0.3, -0.25) is 4.79 Å². The lowest BCUT2D eigenvalue weighted by molar-refractivity contribution is -0.119. The zero-order valence-electron chi connectivity index (χ0n) is 15.6. The molecule has 1 heterocycles. The van der Waals surface area contributed by atoms with Crippen LogP contribution in [-0.2, 0) is 14.8 Å². The summed E-state index contributed by atoms with van der Waals surface area (Å²) in [6.45, 7) is 2.32. The van der Waals surface area contributed by atoms with Crippen LogP contribution in [0.25, 0.3) is 10.8 Å². The Labute approximate surface area is 165 Å². The second-order valence-corrected chi connectivity index (χ2v) is 9.03. The van der Waals surface area contributed by atoms with Gasteiger partial charge in [0.1, 0.15) is 6.04 Å². The molecule has 0 radical (unpaired) electrons. The van der Waals surface area contributed by atoms with Crippen LogP contribution in [0.4, 0.5) is 5.69 Å². The summed E-state index contributed by atoms with van der Waals surface area (Å²) in [7, 11) is -3.75. The fourth-order valence-electron chi connectivity index (χ4n) is 3.62. The van der Waals surface area contributed by atoms with E-state index in [9.17, 15) is 13.2 Å². The summed E-state index contributed by atoms with van der Waals surface area (Å²) in [6.07, 6.45) is 1.18. The maximum Gasteiger partial charge on any atom is 0.243 e. The van der Waals surface area contributed by atoms with Crippen LogP contribution in [0, 0.1) is 6.92 Å². The quantitative estimate of drug-likeness (QED) is 0.729. The van der Waals surface area contributed by atoms with Crippen LogP contribution in [0.2, 0.25) is 0 Å². The van der Waals surface area contributed by atoms with Crippen LogP contribution < -0.4 is 5.32 Å². The highest BCUT2D eigenvalue weighted by molar-refractivity contribution is 7.89. The van der Waals surface area contributed by atoms with Gasteiger partial charge >= 0.3 is 0 Å². The highest BCUT2D eigenvalue weighted by Gasteiger charge is 2.39. The molecule has 1 N–H and O–H groups in total. The number of anilines is 1. The molecular formula is C22H22N2O3S. The van der Waals surface area contributed by atoms with Crippen LogP contribution >= 0.6 is 0 Å². The van der Waals surface area contributed by atoms with Gasteiger partial charge in [0.2, 0.25) is 15.9 Å². The lowest BCUT2D eigenvalue weighted by Crippen LogP contribution is -2.43. The summed E-state index contributed by atoms with van der Waals surface area (Å²) >= 11 is 0. The number of amides is 1. The van der Waals surface area contributed by atoms with Gasteiger partial charge in [-0.2, -0.15) is 4.31 Å². The molecule has 1 fully saturated rings. The van der Waals surface area contributed by atoms with Gasteiger partial charge in [-0.25, -0.2) is 8.42 Å². The zero-order chi connectivity index (χ0) is 19.7. The minimum absolute atomic E-state index is 0.223. The maximum atomic E-state index is 13.2. The van der Waals surface area contributed by atoms with E-state index in [1.807, 2.05) is 55.5 Å². The van der Waals surface area contributed by atoms with Crippen LogP contribution in [0.15, 0.2) is 71.6 Å². The van der Waals surface area contributed by atoms with Gasteiger partial charge in [-0.1, -0.05) is 48.0 Å². The highest BCUT2D eigenvalue weighted by atomic mass is 32.2. The lowest BCUT2D eigenvalue weighted by Gasteiger charge is -2.23. The van der Waals surface area contributed by atoms with Crippen LogP contribution in [-0.4, -0.2) is 31.2 Å². The van der Waals surface area contributed by atoms with Crippen molar-refractivity contribution in [1.82, 2.24) is 4.31 Å². The second-order valence-electron chi connectivity index (χ2n) is 7.14. The Kier molecular flexibility index (Phi) is 4.91. The summed E-state index contributed by atoms with van der Waals surface area (Å²) < 4.78 is 27.8. The summed E-state index contributed by atoms with van der Waals surface area (Å²) in [5.74, 6) is -0.286. The number of carbonyl (C=O) groups excluding carboxylic acids is 1. The van der Waals surface area contributed by atoms with Gasteiger partial charge in [0, 0.05) is 12.2 Å². The molecule has 0 unspecified atom stereocenters. The summed E-state index contributed by atoms with van der Waals surface area (Å²) in [5.41, 5.74) is 1.77. The molecule has 1 aliphatic rings. The predicted octanol–water partition coefficient (Wildman–Crippen LogP) is 3.94. The first kappa shape index (κ1) is 18.7. The van der Waals surface area contributed by atoms with Gasteiger partial charge in [-0.05, 0) is 54.8 Å². The van der Waals surface area contributed by atoms with Crippen molar-refractivity contribution in [1.29, 1.82) is 0 Å². The molecule has 0 aromatic heterocycles. The molecule has 0 aliphatic carbocycles. The fraction of sp³-hybridized carbons (Fsp3) is 0.227. The molecule has 0 spiro atoms. The molecule has 0 saturated carbocycles. The van der Waals surface area contributed by atoms with E-state index in [0.717, 1.165) is 16.3 Å². The van der Waals surface area contributed by atoms with E-state index < -0.39 is 16.1 Å². The minimum atomic E-state index is -3.75. The van der Waals surface area contributed by atoms with Crippen molar-refractivity contribution in [2.24, 2.45) is 0 Å². The first-order valence-corrected chi connectivity index (χ1v) is 10.8. The number of nitrogens with one attached hydrogen (secondary N) is 1. The molecule has 3 aromatic carbocycles. The fourth-order valence-corrected chi connectivity index (χ4v) is 5.31. The Morgan fingerprint density at radius 3 is 2.46 bits per heavy atom. The van der Waals surface area contributed by atoms with Crippen molar-refractivity contribution in [2.75, 3.05) is 11.9 Å². The van der Waals surface area contributed by atoms with Gasteiger partial charge < -0.3 is 5.32 Å². The molecule has 1 amide bonds. The number of hydrogen-bond acceptors (Lipinski definition) is 3.